The molecule has 0 unspecified atom stereocenters. The molecule has 0 aromatic heterocycles. The third-order valence-electron chi connectivity index (χ3n) is 4.25. The van der Waals surface area contributed by atoms with Crippen molar-refractivity contribution in [2.24, 2.45) is 0 Å². The summed E-state index contributed by atoms with van der Waals surface area (Å²) < 4.78 is 11.2. The zero-order chi connectivity index (χ0) is 20.8. The van der Waals surface area contributed by atoms with E-state index in [4.69, 9.17) is 9.47 Å². The molecule has 1 amide bonds. The van der Waals surface area contributed by atoms with Crippen LogP contribution in [0.15, 0.2) is 72.8 Å². The predicted octanol–water partition coefficient (Wildman–Crippen LogP) is 4.67. The number of non-ortho nitro benzene ring substituents is 1. The van der Waals surface area contributed by atoms with E-state index >= 15 is 0 Å². The van der Waals surface area contributed by atoms with Crippen molar-refractivity contribution in [2.75, 3.05) is 12.4 Å². The summed E-state index contributed by atoms with van der Waals surface area (Å²) >= 11 is 0. The zero-order valence-corrected chi connectivity index (χ0v) is 16.0. The number of carbonyl (C=O) groups is 1. The van der Waals surface area contributed by atoms with Gasteiger partial charge in [0.05, 0.1) is 17.7 Å². The van der Waals surface area contributed by atoms with E-state index in [2.05, 4.69) is 5.32 Å². The highest BCUT2D eigenvalue weighted by Crippen LogP contribution is 2.29. The molecule has 0 aliphatic rings. The van der Waals surface area contributed by atoms with E-state index in [1.54, 1.807) is 18.2 Å². The summed E-state index contributed by atoms with van der Waals surface area (Å²) in [6.45, 7) is 1.91. The van der Waals surface area contributed by atoms with E-state index in [1.807, 2.05) is 37.3 Å². The Morgan fingerprint density at radius 2 is 1.72 bits per heavy atom. The summed E-state index contributed by atoms with van der Waals surface area (Å²) in [5.74, 6) is 0.486. The van der Waals surface area contributed by atoms with E-state index in [-0.39, 0.29) is 5.69 Å². The van der Waals surface area contributed by atoms with Crippen molar-refractivity contribution in [1.82, 2.24) is 0 Å². The molecule has 1 atom stereocenters. The Balaban J connectivity index is 1.88. The lowest BCUT2D eigenvalue weighted by atomic mass is 10.1. The number of benzene rings is 3. The standard InChI is InChI=1S/C22H20N2O5/c1-15-8-13-20(28-2)19(14-15)23-22(25)21(16-6-4-3-5-7-16)29-18-11-9-17(10-12-18)24(26)27/h3-14,21H,1-2H3,(H,23,25)/t21-/m1/s1. The van der Waals surface area contributed by atoms with Gasteiger partial charge in [-0.2, -0.15) is 0 Å². The number of nitrogens with one attached hydrogen (secondary N) is 1. The monoisotopic (exact) mass is 392 g/mol. The molecular formula is C22H20N2O5. The van der Waals surface area contributed by atoms with Gasteiger partial charge in [-0.1, -0.05) is 36.4 Å². The number of carbonyl (C=O) groups excluding carboxylic acids is 1. The van der Waals surface area contributed by atoms with Crippen molar-refractivity contribution >= 4 is 17.3 Å². The van der Waals surface area contributed by atoms with Crippen LogP contribution in [0.3, 0.4) is 0 Å². The minimum absolute atomic E-state index is 0.0532. The Morgan fingerprint density at radius 3 is 2.34 bits per heavy atom. The number of nitro benzene ring substituents is 1. The van der Waals surface area contributed by atoms with Gasteiger partial charge < -0.3 is 14.8 Å². The minimum Gasteiger partial charge on any atom is -0.495 e. The van der Waals surface area contributed by atoms with Crippen molar-refractivity contribution in [3.63, 3.8) is 0 Å². The first-order valence-corrected chi connectivity index (χ1v) is 8.89. The number of hydrogen-bond acceptors (Lipinski definition) is 5. The fraction of sp³-hybridized carbons (Fsp3) is 0.136. The second kappa shape index (κ2) is 8.88. The molecule has 0 fully saturated rings. The lowest BCUT2D eigenvalue weighted by Gasteiger charge is -2.20. The lowest BCUT2D eigenvalue weighted by molar-refractivity contribution is -0.384. The van der Waals surface area contributed by atoms with Gasteiger partial charge >= 0.3 is 0 Å². The summed E-state index contributed by atoms with van der Waals surface area (Å²) in [4.78, 5) is 23.4. The maximum atomic E-state index is 13.1. The van der Waals surface area contributed by atoms with Crippen LogP contribution in [0.1, 0.15) is 17.2 Å². The van der Waals surface area contributed by atoms with Gasteiger partial charge in [0.1, 0.15) is 11.5 Å². The highest BCUT2D eigenvalue weighted by atomic mass is 16.6. The number of rotatable bonds is 7. The van der Waals surface area contributed by atoms with Crippen LogP contribution in [0.25, 0.3) is 0 Å². The summed E-state index contributed by atoms with van der Waals surface area (Å²) in [6, 6.07) is 20.1. The Bertz CT molecular complexity index is 1000. The highest BCUT2D eigenvalue weighted by molar-refractivity contribution is 5.96. The molecule has 148 valence electrons. The predicted molar refractivity (Wildman–Crippen MR) is 109 cm³/mol. The molecule has 0 aliphatic heterocycles. The van der Waals surface area contributed by atoms with E-state index in [0.29, 0.717) is 22.7 Å². The first-order chi connectivity index (χ1) is 14.0. The van der Waals surface area contributed by atoms with Crippen molar-refractivity contribution in [2.45, 2.75) is 13.0 Å². The van der Waals surface area contributed by atoms with Gasteiger partial charge in [-0.3, -0.25) is 14.9 Å². The number of methoxy groups -OCH3 is 1. The molecule has 3 rings (SSSR count). The molecule has 0 bridgehead atoms. The first kappa shape index (κ1) is 19.9. The van der Waals surface area contributed by atoms with Gasteiger partial charge in [0.15, 0.2) is 0 Å². The van der Waals surface area contributed by atoms with E-state index in [1.165, 1.54) is 31.4 Å². The summed E-state index contributed by atoms with van der Waals surface area (Å²) in [5.41, 5.74) is 2.09. The van der Waals surface area contributed by atoms with Crippen molar-refractivity contribution < 1.29 is 19.2 Å². The average molecular weight is 392 g/mol. The van der Waals surface area contributed by atoms with Gasteiger partial charge in [-0.15, -0.1) is 0 Å². The molecule has 7 nitrogen and oxygen atoms in total. The molecule has 0 saturated carbocycles. The largest absolute Gasteiger partial charge is 0.495 e. The Hall–Kier alpha value is -3.87. The topological polar surface area (TPSA) is 90.7 Å². The van der Waals surface area contributed by atoms with Crippen LogP contribution in [0.4, 0.5) is 11.4 Å². The third kappa shape index (κ3) is 4.90. The number of nitro groups is 1. The summed E-state index contributed by atoms with van der Waals surface area (Å²) in [6.07, 6.45) is -0.956. The molecule has 0 saturated heterocycles. The fourth-order valence-electron chi connectivity index (χ4n) is 2.80. The number of ether oxygens (including phenoxy) is 2. The second-order valence-corrected chi connectivity index (χ2v) is 6.35. The van der Waals surface area contributed by atoms with Crippen LogP contribution in [0.5, 0.6) is 11.5 Å². The van der Waals surface area contributed by atoms with E-state index < -0.39 is 16.9 Å². The zero-order valence-electron chi connectivity index (χ0n) is 16.0. The molecule has 29 heavy (non-hydrogen) atoms. The molecule has 0 spiro atoms. The van der Waals surface area contributed by atoms with Crippen molar-refractivity contribution in [3.05, 3.63) is 94.0 Å². The quantitative estimate of drug-likeness (QED) is 0.466. The Kier molecular flexibility index (Phi) is 6.09. The van der Waals surface area contributed by atoms with Gasteiger partial charge in [0.25, 0.3) is 11.6 Å². The van der Waals surface area contributed by atoms with E-state index in [0.717, 1.165) is 5.56 Å². The third-order valence-corrected chi connectivity index (χ3v) is 4.25. The summed E-state index contributed by atoms with van der Waals surface area (Å²) in [7, 11) is 1.53. The maximum Gasteiger partial charge on any atom is 0.270 e. The van der Waals surface area contributed by atoms with Gasteiger partial charge in [-0.25, -0.2) is 0 Å². The molecule has 1 N–H and O–H groups in total. The first-order valence-electron chi connectivity index (χ1n) is 8.89. The smallest absolute Gasteiger partial charge is 0.270 e. The number of amides is 1. The summed E-state index contributed by atoms with van der Waals surface area (Å²) in [5, 5.41) is 13.7. The van der Waals surface area contributed by atoms with Crippen LogP contribution >= 0.6 is 0 Å². The van der Waals surface area contributed by atoms with Gasteiger partial charge in [0.2, 0.25) is 6.10 Å². The number of aryl methyl sites for hydroxylation is 1. The second-order valence-electron chi connectivity index (χ2n) is 6.35. The molecule has 3 aromatic rings. The van der Waals surface area contributed by atoms with E-state index in [9.17, 15) is 14.9 Å². The Morgan fingerprint density at radius 1 is 1.03 bits per heavy atom. The normalized spacial score (nSPS) is 11.4. The fourth-order valence-corrected chi connectivity index (χ4v) is 2.80. The lowest BCUT2D eigenvalue weighted by Crippen LogP contribution is -2.26. The van der Waals surface area contributed by atoms with Crippen LogP contribution < -0.4 is 14.8 Å². The van der Waals surface area contributed by atoms with Gasteiger partial charge in [0, 0.05) is 17.7 Å². The molecule has 3 aromatic carbocycles. The molecule has 0 heterocycles. The van der Waals surface area contributed by atoms with Crippen molar-refractivity contribution in [1.29, 1.82) is 0 Å². The number of hydrogen-bond donors (Lipinski definition) is 1. The van der Waals surface area contributed by atoms with Crippen molar-refractivity contribution in [3.8, 4) is 11.5 Å². The molecule has 0 aliphatic carbocycles. The molecular weight excluding hydrogens is 372 g/mol. The van der Waals surface area contributed by atoms with Crippen LogP contribution in [0, 0.1) is 17.0 Å². The Labute approximate surface area is 168 Å². The van der Waals surface area contributed by atoms with Crippen LogP contribution in [-0.2, 0) is 4.79 Å². The SMILES string of the molecule is COc1ccc(C)cc1NC(=O)[C@H](Oc1ccc([N+](=O)[O-])cc1)c1ccccc1. The van der Waals surface area contributed by atoms with Crippen LogP contribution in [-0.4, -0.2) is 17.9 Å². The molecule has 7 heteroatoms. The minimum atomic E-state index is -0.956. The van der Waals surface area contributed by atoms with Gasteiger partial charge in [-0.05, 0) is 36.8 Å². The van der Waals surface area contributed by atoms with Crippen LogP contribution in [0.2, 0.25) is 0 Å². The maximum absolute atomic E-state index is 13.1. The number of anilines is 1. The molecule has 0 radical (unpaired) electrons. The highest BCUT2D eigenvalue weighted by Gasteiger charge is 2.24. The average Bonchev–Trinajstić information content (AvgIpc) is 2.73. The number of nitrogens with zero attached hydrogens (tertiary/aromatic N) is 1.